The van der Waals surface area contributed by atoms with Crippen LogP contribution in [0.25, 0.3) is 0 Å². The molecular formula is C16H21N5O. The molecule has 3 unspecified atom stereocenters. The van der Waals surface area contributed by atoms with Gasteiger partial charge in [0.25, 0.3) is 0 Å². The Labute approximate surface area is 130 Å². The van der Waals surface area contributed by atoms with E-state index in [1.165, 1.54) is 5.56 Å². The highest BCUT2D eigenvalue weighted by Crippen LogP contribution is 2.38. The molecule has 0 bridgehead atoms. The van der Waals surface area contributed by atoms with Crippen molar-refractivity contribution in [2.75, 3.05) is 6.54 Å². The zero-order chi connectivity index (χ0) is 15.7. The first-order valence-electron chi connectivity index (χ1n) is 7.54. The van der Waals surface area contributed by atoms with Gasteiger partial charge in [-0.25, -0.2) is 4.79 Å². The van der Waals surface area contributed by atoms with Gasteiger partial charge in [0.1, 0.15) is 6.33 Å². The predicted molar refractivity (Wildman–Crippen MR) is 83.0 cm³/mol. The predicted octanol–water partition coefficient (Wildman–Crippen LogP) is 2.28. The standard InChI is InChI=1S/C16H21N5O/c1-11-9-21(14(11)13-7-5-4-6-8-13)16(22)18-12(2)15-19-17-10-20(15)3/h4-8,10-12,14H,9H2,1-3H3,(H,18,22). The number of benzene rings is 1. The van der Waals surface area contributed by atoms with E-state index in [-0.39, 0.29) is 18.1 Å². The summed E-state index contributed by atoms with van der Waals surface area (Å²) in [5, 5.41) is 10.9. The number of urea groups is 1. The van der Waals surface area contributed by atoms with Gasteiger partial charge in [-0.3, -0.25) is 0 Å². The number of likely N-dealkylation sites (tertiary alicyclic amines) is 1. The number of aromatic nitrogens is 3. The Hall–Kier alpha value is -2.37. The summed E-state index contributed by atoms with van der Waals surface area (Å²) in [7, 11) is 1.87. The maximum Gasteiger partial charge on any atom is 0.318 e. The maximum absolute atomic E-state index is 12.5. The molecule has 0 spiro atoms. The van der Waals surface area contributed by atoms with E-state index in [1.807, 2.05) is 41.6 Å². The summed E-state index contributed by atoms with van der Waals surface area (Å²) in [4.78, 5) is 14.4. The number of hydrogen-bond donors (Lipinski definition) is 1. The first-order valence-corrected chi connectivity index (χ1v) is 7.54. The molecule has 1 N–H and O–H groups in total. The van der Waals surface area contributed by atoms with Crippen LogP contribution in [-0.2, 0) is 7.05 Å². The van der Waals surface area contributed by atoms with Crippen LogP contribution in [0, 0.1) is 5.92 Å². The molecule has 1 aromatic carbocycles. The second-order valence-electron chi connectivity index (χ2n) is 5.96. The monoisotopic (exact) mass is 299 g/mol. The number of hydrogen-bond acceptors (Lipinski definition) is 3. The number of rotatable bonds is 3. The van der Waals surface area contributed by atoms with Gasteiger partial charge in [0.2, 0.25) is 0 Å². The molecule has 3 rings (SSSR count). The van der Waals surface area contributed by atoms with Gasteiger partial charge in [-0.05, 0) is 18.4 Å². The van der Waals surface area contributed by atoms with Gasteiger partial charge in [-0.15, -0.1) is 10.2 Å². The van der Waals surface area contributed by atoms with Crippen LogP contribution in [0.2, 0.25) is 0 Å². The lowest BCUT2D eigenvalue weighted by Crippen LogP contribution is -2.55. The smallest absolute Gasteiger partial charge is 0.318 e. The van der Waals surface area contributed by atoms with E-state index in [4.69, 9.17) is 0 Å². The lowest BCUT2D eigenvalue weighted by molar-refractivity contribution is 0.0577. The van der Waals surface area contributed by atoms with E-state index in [2.05, 4.69) is 34.6 Å². The quantitative estimate of drug-likeness (QED) is 0.945. The summed E-state index contributed by atoms with van der Waals surface area (Å²) in [5.74, 6) is 1.22. The van der Waals surface area contributed by atoms with Gasteiger partial charge in [0, 0.05) is 13.6 Å². The minimum Gasteiger partial charge on any atom is -0.328 e. The van der Waals surface area contributed by atoms with Crippen LogP contribution in [0.1, 0.15) is 37.3 Å². The summed E-state index contributed by atoms with van der Waals surface area (Å²) < 4.78 is 1.82. The first kappa shape index (κ1) is 14.6. The third-order valence-corrected chi connectivity index (χ3v) is 4.24. The van der Waals surface area contributed by atoms with Crippen LogP contribution in [0.3, 0.4) is 0 Å². The van der Waals surface area contributed by atoms with E-state index in [0.29, 0.717) is 5.92 Å². The highest BCUT2D eigenvalue weighted by atomic mass is 16.2. The molecule has 2 amide bonds. The Bertz CT molecular complexity index is 654. The Balaban J connectivity index is 1.69. The van der Waals surface area contributed by atoms with Crippen molar-refractivity contribution >= 4 is 6.03 Å². The molecule has 3 atom stereocenters. The average Bonchev–Trinajstić information content (AvgIpc) is 2.91. The van der Waals surface area contributed by atoms with Gasteiger partial charge in [0.05, 0.1) is 12.1 Å². The second kappa shape index (κ2) is 5.79. The normalized spacial score (nSPS) is 22.0. The highest BCUT2D eigenvalue weighted by molar-refractivity contribution is 5.76. The van der Waals surface area contributed by atoms with Gasteiger partial charge in [-0.1, -0.05) is 37.3 Å². The molecule has 0 radical (unpaired) electrons. The summed E-state index contributed by atoms with van der Waals surface area (Å²) in [6, 6.07) is 10.1. The van der Waals surface area contributed by atoms with Crippen LogP contribution in [0.15, 0.2) is 36.7 Å². The van der Waals surface area contributed by atoms with Crippen molar-refractivity contribution in [1.82, 2.24) is 25.0 Å². The molecule has 2 aromatic rings. The van der Waals surface area contributed by atoms with E-state index >= 15 is 0 Å². The minimum atomic E-state index is -0.174. The fourth-order valence-electron chi connectivity index (χ4n) is 3.08. The Morgan fingerprint density at radius 1 is 1.36 bits per heavy atom. The highest BCUT2D eigenvalue weighted by Gasteiger charge is 2.40. The Morgan fingerprint density at radius 3 is 2.68 bits per heavy atom. The minimum absolute atomic E-state index is 0.0533. The van der Waals surface area contributed by atoms with Gasteiger partial charge >= 0.3 is 6.03 Å². The second-order valence-corrected chi connectivity index (χ2v) is 5.96. The number of carbonyl (C=O) groups excluding carboxylic acids is 1. The van der Waals surface area contributed by atoms with Gasteiger partial charge < -0.3 is 14.8 Å². The average molecular weight is 299 g/mol. The van der Waals surface area contributed by atoms with Crippen molar-refractivity contribution in [3.05, 3.63) is 48.0 Å². The van der Waals surface area contributed by atoms with Crippen molar-refractivity contribution in [1.29, 1.82) is 0 Å². The fourth-order valence-corrected chi connectivity index (χ4v) is 3.08. The molecule has 6 nitrogen and oxygen atoms in total. The zero-order valence-electron chi connectivity index (χ0n) is 13.1. The molecular weight excluding hydrogens is 278 g/mol. The molecule has 1 fully saturated rings. The summed E-state index contributed by atoms with van der Waals surface area (Å²) in [6.07, 6.45) is 1.64. The van der Waals surface area contributed by atoms with E-state index in [9.17, 15) is 4.79 Å². The van der Waals surface area contributed by atoms with Crippen LogP contribution in [-0.4, -0.2) is 32.2 Å². The lowest BCUT2D eigenvalue weighted by atomic mass is 9.85. The molecule has 22 heavy (non-hydrogen) atoms. The molecule has 6 heteroatoms. The summed E-state index contributed by atoms with van der Waals surface area (Å²) in [5.41, 5.74) is 1.18. The molecule has 1 aliphatic rings. The Morgan fingerprint density at radius 2 is 2.09 bits per heavy atom. The van der Waals surface area contributed by atoms with Crippen molar-refractivity contribution in [3.63, 3.8) is 0 Å². The fraction of sp³-hybridized carbons (Fsp3) is 0.438. The zero-order valence-corrected chi connectivity index (χ0v) is 13.1. The molecule has 0 aliphatic carbocycles. The van der Waals surface area contributed by atoms with Crippen molar-refractivity contribution in [3.8, 4) is 0 Å². The van der Waals surface area contributed by atoms with Crippen molar-refractivity contribution in [2.45, 2.75) is 25.9 Å². The third-order valence-electron chi connectivity index (χ3n) is 4.24. The molecule has 1 aromatic heterocycles. The molecule has 1 aliphatic heterocycles. The number of nitrogens with zero attached hydrogens (tertiary/aromatic N) is 4. The number of nitrogens with one attached hydrogen (secondary N) is 1. The van der Waals surface area contributed by atoms with Crippen LogP contribution in [0.4, 0.5) is 4.79 Å². The van der Waals surface area contributed by atoms with Crippen LogP contribution in [0.5, 0.6) is 0 Å². The topological polar surface area (TPSA) is 63.1 Å². The molecule has 0 saturated carbocycles. The largest absolute Gasteiger partial charge is 0.328 e. The van der Waals surface area contributed by atoms with E-state index < -0.39 is 0 Å². The summed E-state index contributed by atoms with van der Waals surface area (Å²) in [6.45, 7) is 4.87. The summed E-state index contributed by atoms with van der Waals surface area (Å²) >= 11 is 0. The third kappa shape index (κ3) is 2.56. The van der Waals surface area contributed by atoms with Crippen molar-refractivity contribution in [2.24, 2.45) is 13.0 Å². The Kier molecular flexibility index (Phi) is 3.83. The number of carbonyl (C=O) groups is 1. The van der Waals surface area contributed by atoms with Gasteiger partial charge in [-0.2, -0.15) is 0 Å². The number of aryl methyl sites for hydroxylation is 1. The van der Waals surface area contributed by atoms with Crippen LogP contribution < -0.4 is 5.32 Å². The SMILES string of the molecule is CC(NC(=O)N1CC(C)C1c1ccccc1)c1nncn1C. The molecule has 2 heterocycles. The first-order chi connectivity index (χ1) is 10.6. The van der Waals surface area contributed by atoms with Gasteiger partial charge in [0.15, 0.2) is 5.82 Å². The number of amides is 2. The molecule has 1 saturated heterocycles. The van der Waals surface area contributed by atoms with E-state index in [1.54, 1.807) is 6.33 Å². The lowest BCUT2D eigenvalue weighted by Gasteiger charge is -2.47. The van der Waals surface area contributed by atoms with E-state index in [0.717, 1.165) is 12.4 Å². The molecule has 116 valence electrons. The van der Waals surface area contributed by atoms with Crippen LogP contribution >= 0.6 is 0 Å². The van der Waals surface area contributed by atoms with Crippen molar-refractivity contribution < 1.29 is 4.79 Å². The maximum atomic E-state index is 12.5.